The van der Waals surface area contributed by atoms with E-state index in [1.807, 2.05) is 30.3 Å². The molecule has 0 saturated heterocycles. The van der Waals surface area contributed by atoms with Gasteiger partial charge in [0.25, 0.3) is 12.4 Å². The van der Waals surface area contributed by atoms with E-state index >= 15 is 0 Å². The van der Waals surface area contributed by atoms with Crippen molar-refractivity contribution in [1.82, 2.24) is 15.8 Å². The number of ether oxygens (including phenoxy) is 1. The molecule has 1 atom stereocenters. The minimum Gasteiger partial charge on any atom is -0.483 e. The van der Waals surface area contributed by atoms with Crippen LogP contribution in [0.3, 0.4) is 0 Å². The topological polar surface area (TPSA) is 153 Å². The average molecular weight is 447 g/mol. The lowest BCUT2D eigenvalue weighted by Crippen LogP contribution is -2.49. The number of nitrogens with one attached hydrogen (secondary N) is 2. The Balaban J connectivity index is 0.00000161. The van der Waals surface area contributed by atoms with Crippen molar-refractivity contribution in [2.24, 2.45) is 5.73 Å². The van der Waals surface area contributed by atoms with Gasteiger partial charge < -0.3 is 20.9 Å². The van der Waals surface area contributed by atoms with E-state index in [2.05, 4.69) is 15.8 Å². The quantitative estimate of drug-likeness (QED) is 0.354. The van der Waals surface area contributed by atoms with Crippen LogP contribution in [-0.2, 0) is 38.7 Å². The molecule has 1 heterocycles. The van der Waals surface area contributed by atoms with Crippen LogP contribution in [0.2, 0.25) is 0 Å². The van der Waals surface area contributed by atoms with E-state index in [-0.39, 0.29) is 19.5 Å². The van der Waals surface area contributed by atoms with Crippen molar-refractivity contribution in [3.63, 3.8) is 0 Å². The summed E-state index contributed by atoms with van der Waals surface area (Å²) < 4.78 is 5.25. The van der Waals surface area contributed by atoms with Crippen molar-refractivity contribution in [2.75, 3.05) is 0 Å². The Hall–Kier alpha value is -3.50. The zero-order chi connectivity index (χ0) is 24.0. The SMILES string of the molecule is CC(C)(C)OC(=O)N[C@H](Cc1cccnc1)C(=O)NOCc1ccc(CN)cc1.O=CO. The van der Waals surface area contributed by atoms with Crippen LogP contribution >= 0.6 is 0 Å². The second kappa shape index (κ2) is 13.7. The number of hydroxylamine groups is 1. The summed E-state index contributed by atoms with van der Waals surface area (Å²) in [6, 6.07) is 10.3. The molecule has 5 N–H and O–H groups in total. The van der Waals surface area contributed by atoms with Gasteiger partial charge in [-0.25, -0.2) is 10.3 Å². The first-order valence-electron chi connectivity index (χ1n) is 9.84. The van der Waals surface area contributed by atoms with Gasteiger partial charge in [0.15, 0.2) is 0 Å². The number of benzene rings is 1. The number of hydrogen-bond donors (Lipinski definition) is 4. The van der Waals surface area contributed by atoms with Gasteiger partial charge in [0.2, 0.25) is 0 Å². The van der Waals surface area contributed by atoms with E-state index in [1.54, 1.807) is 39.2 Å². The monoisotopic (exact) mass is 446 g/mol. The third-order valence-corrected chi connectivity index (χ3v) is 3.84. The number of carbonyl (C=O) groups is 3. The molecule has 2 aromatic rings. The summed E-state index contributed by atoms with van der Waals surface area (Å²) in [5, 5.41) is 9.48. The fourth-order valence-electron chi connectivity index (χ4n) is 2.45. The maximum Gasteiger partial charge on any atom is 0.408 e. The van der Waals surface area contributed by atoms with Crippen LogP contribution in [0.25, 0.3) is 0 Å². The molecule has 1 aromatic heterocycles. The van der Waals surface area contributed by atoms with Gasteiger partial charge in [0.05, 0.1) is 6.61 Å². The molecule has 0 bridgehead atoms. The second-order valence-corrected chi connectivity index (χ2v) is 7.65. The lowest BCUT2D eigenvalue weighted by atomic mass is 10.1. The number of hydrogen-bond acceptors (Lipinski definition) is 7. The Labute approximate surface area is 187 Å². The molecule has 0 spiro atoms. The first-order chi connectivity index (χ1) is 15.2. The zero-order valence-corrected chi connectivity index (χ0v) is 18.4. The summed E-state index contributed by atoms with van der Waals surface area (Å²) in [7, 11) is 0. The first-order valence-corrected chi connectivity index (χ1v) is 9.84. The predicted octanol–water partition coefficient (Wildman–Crippen LogP) is 1.92. The number of carboxylic acid groups (broad SMARTS) is 1. The normalized spacial score (nSPS) is 11.4. The van der Waals surface area contributed by atoms with Crippen LogP contribution in [-0.4, -0.2) is 40.2 Å². The number of nitrogens with zero attached hydrogens (tertiary/aromatic N) is 1. The van der Waals surface area contributed by atoms with Crippen molar-refractivity contribution in [1.29, 1.82) is 0 Å². The molecule has 2 amide bonds. The summed E-state index contributed by atoms with van der Waals surface area (Å²) in [5.74, 6) is -0.488. The van der Waals surface area contributed by atoms with E-state index in [0.717, 1.165) is 16.7 Å². The minimum absolute atomic E-state index is 0.183. The molecule has 0 aliphatic rings. The summed E-state index contributed by atoms with van der Waals surface area (Å²) in [6.45, 7) is 5.65. The van der Waals surface area contributed by atoms with Crippen molar-refractivity contribution in [3.8, 4) is 0 Å². The summed E-state index contributed by atoms with van der Waals surface area (Å²) in [4.78, 5) is 42.4. The van der Waals surface area contributed by atoms with E-state index < -0.39 is 23.6 Å². The second-order valence-electron chi connectivity index (χ2n) is 7.65. The Bertz CT molecular complexity index is 838. The number of pyridine rings is 1. The molecule has 0 saturated carbocycles. The first kappa shape index (κ1) is 26.5. The number of amides is 2. The highest BCUT2D eigenvalue weighted by Crippen LogP contribution is 2.09. The average Bonchev–Trinajstić information content (AvgIpc) is 2.73. The molecule has 10 nitrogen and oxygen atoms in total. The molecule has 10 heteroatoms. The third-order valence-electron chi connectivity index (χ3n) is 3.84. The van der Waals surface area contributed by atoms with Gasteiger partial charge in [-0.1, -0.05) is 30.3 Å². The van der Waals surface area contributed by atoms with Crippen LogP contribution in [0.4, 0.5) is 4.79 Å². The number of carbonyl (C=O) groups excluding carboxylic acids is 2. The Morgan fingerprint density at radius 3 is 2.31 bits per heavy atom. The maximum absolute atomic E-state index is 12.6. The van der Waals surface area contributed by atoms with Gasteiger partial charge in [-0.3, -0.25) is 19.4 Å². The molecule has 0 unspecified atom stereocenters. The Morgan fingerprint density at radius 1 is 1.16 bits per heavy atom. The van der Waals surface area contributed by atoms with Gasteiger partial charge in [-0.05, 0) is 43.5 Å². The van der Waals surface area contributed by atoms with E-state index in [4.69, 9.17) is 25.2 Å². The summed E-state index contributed by atoms with van der Waals surface area (Å²) in [6.07, 6.45) is 2.84. The molecule has 0 aliphatic carbocycles. The number of aromatic nitrogens is 1. The van der Waals surface area contributed by atoms with Crippen molar-refractivity contribution < 1.29 is 29.1 Å². The van der Waals surface area contributed by atoms with Gasteiger partial charge in [-0.2, -0.15) is 0 Å². The van der Waals surface area contributed by atoms with Crippen LogP contribution in [0.5, 0.6) is 0 Å². The molecular formula is C22H30N4O6. The number of nitrogens with two attached hydrogens (primary N) is 1. The molecule has 32 heavy (non-hydrogen) atoms. The van der Waals surface area contributed by atoms with Crippen LogP contribution in [0, 0.1) is 0 Å². The largest absolute Gasteiger partial charge is 0.483 e. The molecule has 1 aromatic carbocycles. The van der Waals surface area contributed by atoms with Crippen molar-refractivity contribution >= 4 is 18.5 Å². The molecule has 0 aliphatic heterocycles. The molecule has 174 valence electrons. The molecule has 2 rings (SSSR count). The van der Waals surface area contributed by atoms with Gasteiger partial charge in [0.1, 0.15) is 11.6 Å². The smallest absolute Gasteiger partial charge is 0.408 e. The highest BCUT2D eigenvalue weighted by Gasteiger charge is 2.25. The number of alkyl carbamates (subject to hydrolysis) is 1. The highest BCUT2D eigenvalue weighted by atomic mass is 16.7. The maximum atomic E-state index is 12.6. The lowest BCUT2D eigenvalue weighted by molar-refractivity contribution is -0.136. The standard InChI is InChI=1S/C21H28N4O4.CH2O2/c1-21(2,3)29-20(27)24-18(11-17-5-4-10-23-13-17)19(26)25-28-14-16-8-6-15(12-22)7-9-16;2-1-3/h4-10,13,18H,11-12,14,22H2,1-3H3,(H,24,27)(H,25,26);1H,(H,2,3)/t18-;/m1./s1. The number of rotatable bonds is 8. The van der Waals surface area contributed by atoms with Gasteiger partial charge >= 0.3 is 6.09 Å². The van der Waals surface area contributed by atoms with Crippen molar-refractivity contribution in [2.45, 2.75) is 52.0 Å². The van der Waals surface area contributed by atoms with E-state index in [0.29, 0.717) is 6.54 Å². The molecule has 0 radical (unpaired) electrons. The van der Waals surface area contributed by atoms with Gasteiger partial charge in [0, 0.05) is 25.4 Å². The summed E-state index contributed by atoms with van der Waals surface area (Å²) in [5.41, 5.74) is 9.98. The Morgan fingerprint density at radius 2 is 1.78 bits per heavy atom. The van der Waals surface area contributed by atoms with Crippen LogP contribution in [0.1, 0.15) is 37.5 Å². The lowest BCUT2D eigenvalue weighted by Gasteiger charge is -2.23. The van der Waals surface area contributed by atoms with E-state index in [9.17, 15) is 9.59 Å². The van der Waals surface area contributed by atoms with Crippen LogP contribution < -0.4 is 16.5 Å². The minimum atomic E-state index is -0.881. The third kappa shape index (κ3) is 11.0. The zero-order valence-electron chi connectivity index (χ0n) is 18.4. The molecular weight excluding hydrogens is 416 g/mol. The molecule has 0 fully saturated rings. The van der Waals surface area contributed by atoms with Crippen LogP contribution in [0.15, 0.2) is 48.8 Å². The highest BCUT2D eigenvalue weighted by molar-refractivity contribution is 5.85. The van der Waals surface area contributed by atoms with Gasteiger partial charge in [-0.15, -0.1) is 0 Å². The van der Waals surface area contributed by atoms with Crippen molar-refractivity contribution in [3.05, 3.63) is 65.5 Å². The summed E-state index contributed by atoms with van der Waals surface area (Å²) >= 11 is 0. The Kier molecular flexibility index (Phi) is 11.4. The van der Waals surface area contributed by atoms with E-state index in [1.165, 1.54) is 0 Å². The fraction of sp³-hybridized carbons (Fsp3) is 0.364. The fourth-order valence-corrected chi connectivity index (χ4v) is 2.45. The predicted molar refractivity (Wildman–Crippen MR) is 117 cm³/mol.